The third kappa shape index (κ3) is 3.30. The highest BCUT2D eigenvalue weighted by Crippen LogP contribution is 2.24. The zero-order chi connectivity index (χ0) is 17.8. The lowest BCUT2D eigenvalue weighted by Gasteiger charge is -2.21. The Balaban J connectivity index is 1.99. The fourth-order valence-corrected chi connectivity index (χ4v) is 2.89. The molecule has 1 aromatic heterocycles. The van der Waals surface area contributed by atoms with E-state index in [1.807, 2.05) is 36.4 Å². The number of benzene rings is 2. The molecule has 0 saturated heterocycles. The fourth-order valence-electron chi connectivity index (χ4n) is 2.89. The number of anilines is 1. The fraction of sp³-hybridized carbons (Fsp3) is 0.100. The second-order valence-corrected chi connectivity index (χ2v) is 5.62. The molecule has 2 aromatic carbocycles. The Hall–Kier alpha value is -3.34. The number of carboxylic acids is 1. The van der Waals surface area contributed by atoms with Gasteiger partial charge in [-0.2, -0.15) is 0 Å². The smallest absolute Gasteiger partial charge is 0.231 e. The number of aromatic carboxylic acids is 1. The van der Waals surface area contributed by atoms with Crippen LogP contribution in [0.5, 0.6) is 0 Å². The maximum absolute atomic E-state index is 12.9. The number of aromatic nitrogens is 1. The van der Waals surface area contributed by atoms with Gasteiger partial charge in [-0.05, 0) is 23.8 Å². The van der Waals surface area contributed by atoms with Crippen LogP contribution in [-0.2, 0) is 11.2 Å². The summed E-state index contributed by atoms with van der Waals surface area (Å²) in [6.07, 6.45) is 1.59. The third-order valence-corrected chi connectivity index (χ3v) is 4.03. The van der Waals surface area contributed by atoms with Crippen molar-refractivity contribution in [3.05, 3.63) is 78.5 Å². The first-order valence-corrected chi connectivity index (χ1v) is 7.89. The Kier molecular flexibility index (Phi) is 4.66. The number of para-hydroxylation sites is 2. The standard InChI is InChI=1S/C20H18N2O3/c1-2-12-22(14-8-4-3-5-9-14)18(23)13-16-15-10-6-7-11-17(15)21-19(16)20(24)25/h2-11,21H,1,12-13H2,(H,24,25)/p-1. The summed E-state index contributed by atoms with van der Waals surface area (Å²) in [5.41, 5.74) is 1.79. The van der Waals surface area contributed by atoms with Crippen molar-refractivity contribution in [2.45, 2.75) is 6.42 Å². The summed E-state index contributed by atoms with van der Waals surface area (Å²) < 4.78 is 0. The molecular weight excluding hydrogens is 316 g/mol. The van der Waals surface area contributed by atoms with E-state index in [-0.39, 0.29) is 18.0 Å². The van der Waals surface area contributed by atoms with Gasteiger partial charge in [0.05, 0.1) is 18.1 Å². The van der Waals surface area contributed by atoms with E-state index in [1.165, 1.54) is 0 Å². The first-order valence-electron chi connectivity index (χ1n) is 7.89. The Morgan fingerprint density at radius 3 is 2.44 bits per heavy atom. The molecular formula is C20H17N2O3-. The van der Waals surface area contributed by atoms with E-state index in [1.54, 1.807) is 29.2 Å². The number of carboxylic acid groups (broad SMARTS) is 1. The number of aromatic amines is 1. The van der Waals surface area contributed by atoms with Gasteiger partial charge < -0.3 is 19.8 Å². The summed E-state index contributed by atoms with van der Waals surface area (Å²) in [6, 6.07) is 16.4. The zero-order valence-electron chi connectivity index (χ0n) is 13.6. The van der Waals surface area contributed by atoms with E-state index in [4.69, 9.17) is 0 Å². The van der Waals surface area contributed by atoms with Gasteiger partial charge in [-0.1, -0.05) is 42.5 Å². The van der Waals surface area contributed by atoms with E-state index in [2.05, 4.69) is 11.6 Å². The number of carbonyl (C=O) groups excluding carboxylic acids is 2. The quantitative estimate of drug-likeness (QED) is 0.703. The van der Waals surface area contributed by atoms with Gasteiger partial charge in [0.15, 0.2) is 0 Å². The van der Waals surface area contributed by atoms with Crippen LogP contribution in [0.4, 0.5) is 5.69 Å². The van der Waals surface area contributed by atoms with Crippen LogP contribution in [-0.4, -0.2) is 23.4 Å². The molecule has 25 heavy (non-hydrogen) atoms. The van der Waals surface area contributed by atoms with Crippen molar-refractivity contribution < 1.29 is 14.7 Å². The summed E-state index contributed by atoms with van der Waals surface area (Å²) in [5.74, 6) is -1.53. The maximum atomic E-state index is 12.9. The number of hydrogen-bond acceptors (Lipinski definition) is 3. The lowest BCUT2D eigenvalue weighted by molar-refractivity contribution is -0.255. The van der Waals surface area contributed by atoms with Gasteiger partial charge in [-0.25, -0.2) is 0 Å². The molecule has 0 aliphatic carbocycles. The number of nitrogens with zero attached hydrogens (tertiary/aromatic N) is 1. The van der Waals surface area contributed by atoms with Crippen molar-refractivity contribution in [2.75, 3.05) is 11.4 Å². The van der Waals surface area contributed by atoms with Crippen molar-refractivity contribution in [1.82, 2.24) is 4.98 Å². The summed E-state index contributed by atoms with van der Waals surface area (Å²) in [4.78, 5) is 28.7. The monoisotopic (exact) mass is 333 g/mol. The van der Waals surface area contributed by atoms with Crippen molar-refractivity contribution in [3.8, 4) is 0 Å². The molecule has 1 amide bonds. The van der Waals surface area contributed by atoms with E-state index < -0.39 is 5.97 Å². The average Bonchev–Trinajstić information content (AvgIpc) is 2.99. The van der Waals surface area contributed by atoms with Crippen LogP contribution in [0.2, 0.25) is 0 Å². The molecule has 0 spiro atoms. The van der Waals surface area contributed by atoms with Crippen LogP contribution >= 0.6 is 0 Å². The highest BCUT2D eigenvalue weighted by molar-refractivity contribution is 6.02. The lowest BCUT2D eigenvalue weighted by Crippen LogP contribution is -2.33. The summed E-state index contributed by atoms with van der Waals surface area (Å²) in [7, 11) is 0. The maximum Gasteiger partial charge on any atom is 0.231 e. The Labute approximate surface area is 145 Å². The van der Waals surface area contributed by atoms with Crippen LogP contribution in [0, 0.1) is 0 Å². The van der Waals surface area contributed by atoms with Gasteiger partial charge in [-0.15, -0.1) is 6.58 Å². The van der Waals surface area contributed by atoms with Gasteiger partial charge in [-0.3, -0.25) is 4.79 Å². The minimum atomic E-state index is -1.33. The minimum Gasteiger partial charge on any atom is -0.543 e. The summed E-state index contributed by atoms with van der Waals surface area (Å²) >= 11 is 0. The molecule has 126 valence electrons. The molecule has 0 saturated carbocycles. The van der Waals surface area contributed by atoms with Gasteiger partial charge in [0.2, 0.25) is 5.91 Å². The first kappa shape index (κ1) is 16.5. The predicted molar refractivity (Wildman–Crippen MR) is 95.3 cm³/mol. The van der Waals surface area contributed by atoms with Crippen LogP contribution in [0.1, 0.15) is 16.1 Å². The topological polar surface area (TPSA) is 76.2 Å². The second kappa shape index (κ2) is 7.05. The van der Waals surface area contributed by atoms with Crippen LogP contribution in [0.3, 0.4) is 0 Å². The molecule has 0 radical (unpaired) electrons. The highest BCUT2D eigenvalue weighted by Gasteiger charge is 2.20. The van der Waals surface area contributed by atoms with Crippen molar-refractivity contribution in [3.63, 3.8) is 0 Å². The number of hydrogen-bond donors (Lipinski definition) is 1. The number of amides is 1. The Bertz CT molecular complexity index is 929. The molecule has 0 aliphatic rings. The molecule has 3 rings (SSSR count). The zero-order valence-corrected chi connectivity index (χ0v) is 13.6. The van der Waals surface area contributed by atoms with E-state index in [9.17, 15) is 14.7 Å². The molecule has 1 heterocycles. The van der Waals surface area contributed by atoms with Crippen molar-refractivity contribution in [1.29, 1.82) is 0 Å². The molecule has 5 nitrogen and oxygen atoms in total. The molecule has 5 heteroatoms. The molecule has 0 bridgehead atoms. The van der Waals surface area contributed by atoms with Crippen molar-refractivity contribution in [2.24, 2.45) is 0 Å². The van der Waals surface area contributed by atoms with E-state index in [0.29, 0.717) is 23.0 Å². The van der Waals surface area contributed by atoms with Gasteiger partial charge in [0.25, 0.3) is 0 Å². The normalized spacial score (nSPS) is 10.6. The van der Waals surface area contributed by atoms with Gasteiger partial charge in [0, 0.05) is 23.1 Å². The lowest BCUT2D eigenvalue weighted by atomic mass is 10.1. The average molecular weight is 333 g/mol. The van der Waals surface area contributed by atoms with E-state index in [0.717, 1.165) is 5.69 Å². The largest absolute Gasteiger partial charge is 0.543 e. The second-order valence-electron chi connectivity index (χ2n) is 5.62. The molecule has 0 unspecified atom stereocenters. The third-order valence-electron chi connectivity index (χ3n) is 4.03. The van der Waals surface area contributed by atoms with Crippen LogP contribution < -0.4 is 10.0 Å². The van der Waals surface area contributed by atoms with Crippen molar-refractivity contribution >= 4 is 28.5 Å². The number of rotatable bonds is 6. The predicted octanol–water partition coefficient (Wildman–Crippen LogP) is 2.29. The molecule has 0 atom stereocenters. The number of carbonyl (C=O) groups is 2. The van der Waals surface area contributed by atoms with Gasteiger partial charge in [0.1, 0.15) is 0 Å². The molecule has 0 aliphatic heterocycles. The molecule has 0 fully saturated rings. The Morgan fingerprint density at radius 1 is 1.08 bits per heavy atom. The van der Waals surface area contributed by atoms with Crippen LogP contribution in [0.25, 0.3) is 10.9 Å². The first-order chi connectivity index (χ1) is 12.1. The number of fused-ring (bicyclic) bond motifs is 1. The minimum absolute atomic E-state index is 0.0456. The summed E-state index contributed by atoms with van der Waals surface area (Å²) in [6.45, 7) is 4.04. The van der Waals surface area contributed by atoms with Crippen LogP contribution in [0.15, 0.2) is 67.3 Å². The SMILES string of the molecule is C=CCN(C(=O)Cc1c(C(=O)[O-])[nH]c2ccccc12)c1ccccc1. The summed E-state index contributed by atoms with van der Waals surface area (Å²) in [5, 5.41) is 12.2. The number of H-pyrrole nitrogens is 1. The number of nitrogens with one attached hydrogen (secondary N) is 1. The van der Waals surface area contributed by atoms with Gasteiger partial charge >= 0.3 is 0 Å². The van der Waals surface area contributed by atoms with E-state index >= 15 is 0 Å². The Morgan fingerprint density at radius 2 is 1.76 bits per heavy atom. The molecule has 1 N–H and O–H groups in total. The highest BCUT2D eigenvalue weighted by atomic mass is 16.4. The molecule has 3 aromatic rings.